The fourth-order valence-corrected chi connectivity index (χ4v) is 11.5. The van der Waals surface area contributed by atoms with Crippen LogP contribution < -0.4 is 31.8 Å². The third-order valence-corrected chi connectivity index (χ3v) is 13.6. The van der Waals surface area contributed by atoms with Gasteiger partial charge in [-0.15, -0.1) is 0 Å². The summed E-state index contributed by atoms with van der Waals surface area (Å²) in [7, 11) is -1.70. The molecule has 1 atom stereocenters. The van der Waals surface area contributed by atoms with E-state index in [1.54, 1.807) is 0 Å². The van der Waals surface area contributed by atoms with E-state index in [2.05, 4.69) is 194 Å². The van der Waals surface area contributed by atoms with Crippen LogP contribution in [0, 0.1) is 0 Å². The van der Waals surface area contributed by atoms with Crippen LogP contribution in [0.1, 0.15) is 0 Å². The zero-order chi connectivity index (χ0) is 30.7. The second kappa shape index (κ2) is 14.1. The monoisotopic (exact) mass is 656 g/mol. The molecule has 0 spiro atoms. The SMILES string of the molecule is P.c1ccc(P(c2ccccc2)c2ccc3ccccc3c2-c2c(P(c3ccccc3)c3ccccc3)ccc3ccccc23)cc1. The first kappa shape index (κ1) is 31.2. The fourth-order valence-electron chi connectivity index (χ4n) is 6.58. The van der Waals surface area contributed by atoms with E-state index in [1.165, 1.54) is 64.5 Å². The summed E-state index contributed by atoms with van der Waals surface area (Å²) < 4.78 is 0. The lowest BCUT2D eigenvalue weighted by molar-refractivity contribution is 1.72. The maximum absolute atomic E-state index is 2.42. The van der Waals surface area contributed by atoms with Gasteiger partial charge in [0.1, 0.15) is 0 Å². The van der Waals surface area contributed by atoms with Crippen molar-refractivity contribution in [3.05, 3.63) is 194 Å². The van der Waals surface area contributed by atoms with Crippen molar-refractivity contribution >= 4 is 79.1 Å². The largest absolute Gasteiger partial charge is 0.153 e. The molecular weight excluding hydrogens is 621 g/mol. The zero-order valence-electron chi connectivity index (χ0n) is 26.1. The molecule has 0 aromatic heterocycles. The Morgan fingerprint density at radius 2 is 0.532 bits per heavy atom. The van der Waals surface area contributed by atoms with Crippen molar-refractivity contribution in [2.75, 3.05) is 0 Å². The minimum atomic E-state index is -0.852. The summed E-state index contributed by atoms with van der Waals surface area (Å²) in [5, 5.41) is 13.3. The van der Waals surface area contributed by atoms with Crippen molar-refractivity contribution < 1.29 is 0 Å². The van der Waals surface area contributed by atoms with Crippen molar-refractivity contribution in [1.82, 2.24) is 0 Å². The van der Waals surface area contributed by atoms with Gasteiger partial charge >= 0.3 is 0 Å². The van der Waals surface area contributed by atoms with Gasteiger partial charge in [-0.05, 0) is 80.3 Å². The van der Waals surface area contributed by atoms with Crippen LogP contribution >= 0.6 is 25.7 Å². The molecule has 8 aromatic carbocycles. The summed E-state index contributed by atoms with van der Waals surface area (Å²) >= 11 is 0. The number of benzene rings is 8. The number of fused-ring (bicyclic) bond motifs is 2. The van der Waals surface area contributed by atoms with E-state index in [4.69, 9.17) is 0 Å². The highest BCUT2D eigenvalue weighted by Crippen LogP contribution is 2.45. The molecule has 8 aromatic rings. The van der Waals surface area contributed by atoms with E-state index in [0.29, 0.717) is 0 Å². The van der Waals surface area contributed by atoms with Gasteiger partial charge in [0.25, 0.3) is 0 Å². The summed E-state index contributed by atoms with van der Waals surface area (Å²) in [6.07, 6.45) is 0. The Hall–Kier alpha value is -4.43. The molecule has 8 rings (SSSR count). The second-order valence-electron chi connectivity index (χ2n) is 11.4. The van der Waals surface area contributed by atoms with E-state index < -0.39 is 15.8 Å². The van der Waals surface area contributed by atoms with Crippen molar-refractivity contribution in [2.24, 2.45) is 0 Å². The van der Waals surface area contributed by atoms with Gasteiger partial charge in [0.15, 0.2) is 0 Å². The molecule has 0 N–H and O–H groups in total. The van der Waals surface area contributed by atoms with Crippen LogP contribution in [0.25, 0.3) is 32.7 Å². The summed E-state index contributed by atoms with van der Waals surface area (Å²) in [6.45, 7) is 0. The van der Waals surface area contributed by atoms with Crippen molar-refractivity contribution in [3.63, 3.8) is 0 Å². The minimum Gasteiger partial charge on any atom is -0.153 e. The molecule has 0 saturated heterocycles. The second-order valence-corrected chi connectivity index (χ2v) is 15.7. The first-order chi connectivity index (χ1) is 22.9. The Morgan fingerprint density at radius 3 is 0.851 bits per heavy atom. The van der Waals surface area contributed by atoms with E-state index >= 15 is 0 Å². The molecule has 0 radical (unpaired) electrons. The van der Waals surface area contributed by atoms with Gasteiger partial charge in [-0.25, -0.2) is 0 Å². The quantitative estimate of drug-likeness (QED) is 0.150. The Balaban J connectivity index is 0.00000351. The van der Waals surface area contributed by atoms with Crippen LogP contribution in [0.15, 0.2) is 194 Å². The van der Waals surface area contributed by atoms with E-state index in [-0.39, 0.29) is 9.90 Å². The number of rotatable bonds is 7. The van der Waals surface area contributed by atoms with Crippen LogP contribution in [0.2, 0.25) is 0 Å². The molecular formula is C44H35P3. The topological polar surface area (TPSA) is 0 Å². The van der Waals surface area contributed by atoms with Crippen LogP contribution in [0.5, 0.6) is 0 Å². The van der Waals surface area contributed by atoms with Crippen molar-refractivity contribution in [3.8, 4) is 11.1 Å². The third kappa shape index (κ3) is 6.07. The lowest BCUT2D eigenvalue weighted by Crippen LogP contribution is -2.26. The van der Waals surface area contributed by atoms with Gasteiger partial charge in [0.05, 0.1) is 0 Å². The normalized spacial score (nSPS) is 11.2. The molecule has 0 bridgehead atoms. The van der Waals surface area contributed by atoms with E-state index in [0.717, 1.165) is 0 Å². The highest BCUT2D eigenvalue weighted by molar-refractivity contribution is 7.80. The Labute approximate surface area is 283 Å². The minimum absolute atomic E-state index is 0. The molecule has 0 heterocycles. The Kier molecular flexibility index (Phi) is 9.38. The average molecular weight is 657 g/mol. The molecule has 1 unspecified atom stereocenters. The zero-order valence-corrected chi connectivity index (χ0v) is 29.3. The smallest absolute Gasteiger partial charge is 0.000884 e. The van der Waals surface area contributed by atoms with Crippen molar-refractivity contribution in [1.29, 1.82) is 0 Å². The van der Waals surface area contributed by atoms with Gasteiger partial charge in [-0.2, -0.15) is 9.90 Å². The van der Waals surface area contributed by atoms with E-state index in [9.17, 15) is 0 Å². The van der Waals surface area contributed by atoms with Crippen molar-refractivity contribution in [2.45, 2.75) is 0 Å². The van der Waals surface area contributed by atoms with Gasteiger partial charge in [-0.1, -0.05) is 194 Å². The standard InChI is InChI=1S/C44H32P2.H3P/c1-5-19-35(20-6-1)45(36-21-7-2-8-22-36)41-31-29-33-17-13-15-27-39(33)43(41)44-40-28-16-14-18-34(40)30-32-42(44)46(37-23-9-3-10-24-37)38-25-11-4-12-26-38;/h1-32H;1H3. The molecule has 0 aliphatic carbocycles. The van der Waals surface area contributed by atoms with Gasteiger partial charge < -0.3 is 0 Å². The van der Waals surface area contributed by atoms with Gasteiger partial charge in [0.2, 0.25) is 0 Å². The maximum atomic E-state index is 2.42. The summed E-state index contributed by atoms with van der Waals surface area (Å²) in [6, 6.07) is 71.8. The Bertz CT molecular complexity index is 2010. The molecule has 0 amide bonds. The molecule has 0 saturated carbocycles. The molecule has 226 valence electrons. The van der Waals surface area contributed by atoms with Crippen LogP contribution in [0.4, 0.5) is 0 Å². The van der Waals surface area contributed by atoms with Gasteiger partial charge in [0, 0.05) is 0 Å². The Morgan fingerprint density at radius 1 is 0.255 bits per heavy atom. The van der Waals surface area contributed by atoms with Gasteiger partial charge in [-0.3, -0.25) is 0 Å². The van der Waals surface area contributed by atoms with Crippen LogP contribution in [-0.4, -0.2) is 0 Å². The maximum Gasteiger partial charge on any atom is -0.000884 e. The number of hydrogen-bond acceptors (Lipinski definition) is 0. The molecule has 3 heteroatoms. The average Bonchev–Trinajstić information content (AvgIpc) is 3.14. The summed E-state index contributed by atoms with van der Waals surface area (Å²) in [4.78, 5) is 0. The highest BCUT2D eigenvalue weighted by Gasteiger charge is 2.27. The molecule has 47 heavy (non-hydrogen) atoms. The molecule has 0 nitrogen and oxygen atoms in total. The first-order valence-corrected chi connectivity index (χ1v) is 18.4. The number of hydrogen-bond donors (Lipinski definition) is 0. The first-order valence-electron chi connectivity index (χ1n) is 15.7. The van der Waals surface area contributed by atoms with E-state index in [1.807, 2.05) is 0 Å². The third-order valence-electron chi connectivity index (χ3n) is 8.60. The summed E-state index contributed by atoms with van der Waals surface area (Å²) in [5.41, 5.74) is 2.70. The molecule has 0 aliphatic rings. The lowest BCUT2D eigenvalue weighted by atomic mass is 9.93. The highest BCUT2D eigenvalue weighted by atomic mass is 31.1. The lowest BCUT2D eigenvalue weighted by Gasteiger charge is -2.28. The fraction of sp³-hybridized carbons (Fsp3) is 0. The molecule has 0 aliphatic heterocycles. The predicted octanol–water partition coefficient (Wildman–Crippen LogP) is 9.23. The van der Waals surface area contributed by atoms with Crippen LogP contribution in [0.3, 0.4) is 0 Å². The predicted molar refractivity (Wildman–Crippen MR) is 215 cm³/mol. The summed E-state index contributed by atoms with van der Waals surface area (Å²) in [5.74, 6) is 0. The van der Waals surface area contributed by atoms with Crippen LogP contribution in [-0.2, 0) is 0 Å². The molecule has 0 fully saturated rings.